The molecule has 88 valence electrons. The summed E-state index contributed by atoms with van der Waals surface area (Å²) < 4.78 is 0. The maximum Gasteiger partial charge on any atom is 0.238 e. The Labute approximate surface area is 100.0 Å². The molecule has 1 saturated carbocycles. The highest BCUT2D eigenvalue weighted by atomic mass is 16.7. The Morgan fingerprint density at radius 2 is 2.00 bits per heavy atom. The van der Waals surface area contributed by atoms with Crippen LogP contribution < -0.4 is 10.3 Å². The number of rotatable bonds is 3. The highest BCUT2D eigenvalue weighted by Crippen LogP contribution is 2.24. The molecule has 1 aliphatic rings. The molecule has 2 aromatic heterocycles. The van der Waals surface area contributed by atoms with Crippen LogP contribution in [0.5, 0.6) is 5.88 Å². The van der Waals surface area contributed by atoms with E-state index in [0.717, 1.165) is 22.0 Å². The molecule has 1 fully saturated rings. The zero-order valence-corrected chi connectivity index (χ0v) is 10.0. The molecule has 2 aromatic rings. The van der Waals surface area contributed by atoms with E-state index in [1.165, 1.54) is 12.8 Å². The van der Waals surface area contributed by atoms with Crippen LogP contribution in [0, 0.1) is 13.8 Å². The van der Waals surface area contributed by atoms with E-state index < -0.39 is 0 Å². The van der Waals surface area contributed by atoms with E-state index in [0.29, 0.717) is 11.9 Å². The number of nitrogens with one attached hydrogen (secondary N) is 1. The average molecular weight is 229 g/mol. The Morgan fingerprint density at radius 3 is 2.76 bits per heavy atom. The third-order valence-electron chi connectivity index (χ3n) is 3.05. The van der Waals surface area contributed by atoms with Gasteiger partial charge in [-0.3, -0.25) is 4.98 Å². The summed E-state index contributed by atoms with van der Waals surface area (Å²) >= 11 is 0. The Kier molecular flexibility index (Phi) is 2.44. The van der Waals surface area contributed by atoms with E-state index in [1.54, 1.807) is 0 Å². The topological polar surface area (TPSA) is 47.0 Å². The Balaban J connectivity index is 1.96. The van der Waals surface area contributed by atoms with Crippen molar-refractivity contribution in [3.8, 4) is 5.88 Å². The van der Waals surface area contributed by atoms with Crippen molar-refractivity contribution in [2.75, 3.05) is 0 Å². The van der Waals surface area contributed by atoms with Crippen LogP contribution in [-0.4, -0.2) is 16.0 Å². The van der Waals surface area contributed by atoms with Crippen LogP contribution >= 0.6 is 0 Å². The van der Waals surface area contributed by atoms with Crippen LogP contribution in [0.15, 0.2) is 18.5 Å². The van der Waals surface area contributed by atoms with Gasteiger partial charge in [0.1, 0.15) is 0 Å². The van der Waals surface area contributed by atoms with E-state index in [-0.39, 0.29) is 0 Å². The van der Waals surface area contributed by atoms with Crippen molar-refractivity contribution >= 4 is 10.8 Å². The molecule has 4 nitrogen and oxygen atoms in total. The van der Waals surface area contributed by atoms with Crippen molar-refractivity contribution in [3.63, 3.8) is 0 Å². The molecular formula is C13H15N3O. The van der Waals surface area contributed by atoms with Crippen molar-refractivity contribution in [2.24, 2.45) is 0 Å². The highest BCUT2D eigenvalue weighted by Gasteiger charge is 2.21. The summed E-state index contributed by atoms with van der Waals surface area (Å²) in [7, 11) is 0. The van der Waals surface area contributed by atoms with Crippen LogP contribution in [0.1, 0.15) is 24.1 Å². The third kappa shape index (κ3) is 2.08. The first-order valence-electron chi connectivity index (χ1n) is 5.88. The summed E-state index contributed by atoms with van der Waals surface area (Å²) in [5.74, 6) is 0.623. The average Bonchev–Trinajstić information content (AvgIpc) is 3.15. The van der Waals surface area contributed by atoms with E-state index in [9.17, 15) is 0 Å². The first-order valence-corrected chi connectivity index (χ1v) is 5.88. The van der Waals surface area contributed by atoms with Gasteiger partial charge in [0.25, 0.3) is 0 Å². The Bertz CT molecular complexity index is 564. The van der Waals surface area contributed by atoms with Gasteiger partial charge < -0.3 is 4.84 Å². The van der Waals surface area contributed by atoms with Crippen molar-refractivity contribution in [1.29, 1.82) is 0 Å². The molecule has 0 spiro atoms. The molecule has 0 unspecified atom stereocenters. The van der Waals surface area contributed by atoms with Gasteiger partial charge in [-0.05, 0) is 37.6 Å². The van der Waals surface area contributed by atoms with E-state index >= 15 is 0 Å². The first kappa shape index (κ1) is 10.5. The lowest BCUT2D eigenvalue weighted by molar-refractivity contribution is 0.181. The zero-order chi connectivity index (χ0) is 11.8. The second-order valence-electron chi connectivity index (χ2n) is 4.59. The van der Waals surface area contributed by atoms with Gasteiger partial charge in [-0.15, -0.1) is 0 Å². The number of hydrogen-bond donors (Lipinski definition) is 1. The van der Waals surface area contributed by atoms with Crippen molar-refractivity contribution in [1.82, 2.24) is 15.4 Å². The van der Waals surface area contributed by atoms with Gasteiger partial charge in [-0.25, -0.2) is 4.98 Å². The maximum atomic E-state index is 5.45. The zero-order valence-electron chi connectivity index (χ0n) is 10.0. The summed E-state index contributed by atoms with van der Waals surface area (Å²) in [5, 5.41) is 2.24. The molecule has 0 atom stereocenters. The van der Waals surface area contributed by atoms with Gasteiger partial charge >= 0.3 is 0 Å². The maximum absolute atomic E-state index is 5.45. The summed E-state index contributed by atoms with van der Waals surface area (Å²) in [5.41, 5.74) is 5.14. The number of fused-ring (bicyclic) bond motifs is 1. The number of hydrogen-bond acceptors (Lipinski definition) is 4. The SMILES string of the molecule is Cc1cnc(C)c2cnc(ONC3CC3)cc12. The van der Waals surface area contributed by atoms with Crippen LogP contribution in [0.3, 0.4) is 0 Å². The molecule has 0 aromatic carbocycles. The van der Waals surface area contributed by atoms with Crippen molar-refractivity contribution < 1.29 is 4.84 Å². The third-order valence-corrected chi connectivity index (χ3v) is 3.05. The number of hydroxylamine groups is 1. The summed E-state index contributed by atoms with van der Waals surface area (Å²) in [6.07, 6.45) is 6.09. The van der Waals surface area contributed by atoms with Crippen LogP contribution in [0.25, 0.3) is 10.8 Å². The summed E-state index contributed by atoms with van der Waals surface area (Å²) in [4.78, 5) is 14.1. The van der Waals surface area contributed by atoms with Gasteiger partial charge in [0.15, 0.2) is 0 Å². The lowest BCUT2D eigenvalue weighted by Gasteiger charge is -2.08. The molecule has 4 heteroatoms. The minimum Gasteiger partial charge on any atom is -0.388 e. The fourth-order valence-corrected chi connectivity index (χ4v) is 1.78. The first-order chi connectivity index (χ1) is 8.24. The number of aryl methyl sites for hydroxylation is 2. The molecule has 0 radical (unpaired) electrons. The Hall–Kier alpha value is -1.68. The fourth-order valence-electron chi connectivity index (χ4n) is 1.78. The molecule has 1 aliphatic carbocycles. The Morgan fingerprint density at radius 1 is 1.18 bits per heavy atom. The molecule has 0 saturated heterocycles. The van der Waals surface area contributed by atoms with Gasteiger partial charge in [-0.1, -0.05) is 0 Å². The van der Waals surface area contributed by atoms with Gasteiger partial charge in [-0.2, -0.15) is 5.48 Å². The minimum atomic E-state index is 0.507. The lowest BCUT2D eigenvalue weighted by Crippen LogP contribution is -2.21. The number of aromatic nitrogens is 2. The summed E-state index contributed by atoms with van der Waals surface area (Å²) in [6.45, 7) is 4.04. The van der Waals surface area contributed by atoms with Crippen LogP contribution in [-0.2, 0) is 0 Å². The monoisotopic (exact) mass is 229 g/mol. The molecule has 2 heterocycles. The van der Waals surface area contributed by atoms with Crippen LogP contribution in [0.4, 0.5) is 0 Å². The predicted octanol–water partition coefficient (Wildman–Crippen LogP) is 2.29. The van der Waals surface area contributed by atoms with Crippen molar-refractivity contribution in [3.05, 3.63) is 29.7 Å². The highest BCUT2D eigenvalue weighted by molar-refractivity contribution is 5.87. The van der Waals surface area contributed by atoms with Crippen LogP contribution in [0.2, 0.25) is 0 Å². The van der Waals surface area contributed by atoms with Gasteiger partial charge in [0.2, 0.25) is 5.88 Å². The minimum absolute atomic E-state index is 0.507. The molecule has 3 rings (SSSR count). The molecule has 17 heavy (non-hydrogen) atoms. The number of nitrogens with zero attached hydrogens (tertiary/aromatic N) is 2. The smallest absolute Gasteiger partial charge is 0.238 e. The number of pyridine rings is 2. The second-order valence-corrected chi connectivity index (χ2v) is 4.59. The van der Waals surface area contributed by atoms with Gasteiger partial charge in [0.05, 0.1) is 0 Å². The molecule has 0 amide bonds. The molecular weight excluding hydrogens is 214 g/mol. The van der Waals surface area contributed by atoms with E-state index in [1.807, 2.05) is 32.3 Å². The van der Waals surface area contributed by atoms with Crippen molar-refractivity contribution in [2.45, 2.75) is 32.7 Å². The summed E-state index contributed by atoms with van der Waals surface area (Å²) in [6, 6.07) is 2.47. The largest absolute Gasteiger partial charge is 0.388 e. The molecule has 0 bridgehead atoms. The van der Waals surface area contributed by atoms with E-state index in [2.05, 4.69) is 15.4 Å². The molecule has 1 N–H and O–H groups in total. The molecule has 0 aliphatic heterocycles. The lowest BCUT2D eigenvalue weighted by atomic mass is 10.1. The van der Waals surface area contributed by atoms with Gasteiger partial charge in [0, 0.05) is 35.6 Å². The predicted molar refractivity (Wildman–Crippen MR) is 65.8 cm³/mol. The normalized spacial score (nSPS) is 15.2. The van der Waals surface area contributed by atoms with E-state index in [4.69, 9.17) is 4.84 Å². The fraction of sp³-hybridized carbons (Fsp3) is 0.385. The standard InChI is InChI=1S/C13H15N3O/c1-8-6-14-9(2)12-7-15-13(5-11(8)12)17-16-10-3-4-10/h5-7,10,16H,3-4H2,1-2H3. The second kappa shape index (κ2) is 3.96. The quantitative estimate of drug-likeness (QED) is 0.820.